The molecule has 1 saturated carbocycles. The lowest BCUT2D eigenvalue weighted by Gasteiger charge is -2.30. The second-order valence-corrected chi connectivity index (χ2v) is 6.58. The first-order chi connectivity index (χ1) is 12.3. The molecule has 0 aromatic carbocycles. The topological polar surface area (TPSA) is 86.9 Å². The van der Waals surface area contributed by atoms with Crippen LogP contribution in [-0.2, 0) is 19.4 Å². The molecular weight excluding hydrogens is 349 g/mol. The Morgan fingerprint density at radius 1 is 1.15 bits per heavy atom. The molecule has 26 heavy (non-hydrogen) atoms. The summed E-state index contributed by atoms with van der Waals surface area (Å²) in [6.07, 6.45) is -2.22. The van der Waals surface area contributed by atoms with Crippen molar-refractivity contribution in [1.82, 2.24) is 20.8 Å². The molecule has 6 nitrogen and oxygen atoms in total. The van der Waals surface area contributed by atoms with Gasteiger partial charge in [0.05, 0.1) is 18.2 Å². The number of halogens is 3. The van der Waals surface area contributed by atoms with E-state index in [0.29, 0.717) is 31.2 Å². The third-order valence-electron chi connectivity index (χ3n) is 4.92. The second kappa shape index (κ2) is 8.55. The molecule has 2 rings (SSSR count). The standard InChI is InChI=1S/C17H25F3N4O2/c1-3-12-13(15(25)24-23-14(12)4-2)9-21-16(26)22-11-7-5-10(6-8-11)17(18,19)20/h10-11H,3-9H2,1-2H3,(H,24,25)(H2,21,22,26). The number of aromatic amines is 1. The maximum atomic E-state index is 12.7. The van der Waals surface area contributed by atoms with Crippen LogP contribution >= 0.6 is 0 Å². The second-order valence-electron chi connectivity index (χ2n) is 6.58. The first-order valence-corrected chi connectivity index (χ1v) is 8.96. The van der Waals surface area contributed by atoms with E-state index in [4.69, 9.17) is 0 Å². The summed E-state index contributed by atoms with van der Waals surface area (Å²) in [5, 5.41) is 11.8. The Morgan fingerprint density at radius 3 is 2.35 bits per heavy atom. The monoisotopic (exact) mass is 374 g/mol. The summed E-state index contributed by atoms with van der Waals surface area (Å²) in [5.41, 5.74) is 1.73. The first kappa shape index (κ1) is 20.3. The van der Waals surface area contributed by atoms with Crippen LogP contribution in [0.1, 0.15) is 56.4 Å². The Bertz CT molecular complexity index is 680. The molecule has 0 radical (unpaired) electrons. The van der Waals surface area contributed by atoms with Gasteiger partial charge in [-0.15, -0.1) is 0 Å². The van der Waals surface area contributed by atoms with Crippen molar-refractivity contribution in [2.75, 3.05) is 0 Å². The fourth-order valence-corrected chi connectivity index (χ4v) is 3.43. The largest absolute Gasteiger partial charge is 0.391 e. The van der Waals surface area contributed by atoms with Crippen molar-refractivity contribution in [2.45, 2.75) is 71.1 Å². The molecule has 146 valence electrons. The number of rotatable bonds is 5. The zero-order valence-electron chi connectivity index (χ0n) is 15.0. The molecule has 9 heteroatoms. The van der Waals surface area contributed by atoms with Crippen molar-refractivity contribution in [3.63, 3.8) is 0 Å². The zero-order valence-corrected chi connectivity index (χ0v) is 15.0. The molecule has 0 spiro atoms. The van der Waals surface area contributed by atoms with Gasteiger partial charge in [0.25, 0.3) is 5.56 Å². The van der Waals surface area contributed by atoms with E-state index in [1.807, 2.05) is 13.8 Å². The Hall–Kier alpha value is -2.06. The van der Waals surface area contributed by atoms with Crippen molar-refractivity contribution < 1.29 is 18.0 Å². The molecule has 1 heterocycles. The van der Waals surface area contributed by atoms with E-state index >= 15 is 0 Å². The highest BCUT2D eigenvalue weighted by molar-refractivity contribution is 5.74. The van der Waals surface area contributed by atoms with Crippen molar-refractivity contribution in [3.8, 4) is 0 Å². The number of urea groups is 1. The third-order valence-corrected chi connectivity index (χ3v) is 4.92. The van der Waals surface area contributed by atoms with E-state index in [1.165, 1.54) is 0 Å². The molecule has 0 saturated heterocycles. The van der Waals surface area contributed by atoms with Gasteiger partial charge in [0.2, 0.25) is 0 Å². The molecule has 1 aromatic heterocycles. The molecular formula is C17H25F3N4O2. The molecule has 0 aliphatic heterocycles. The first-order valence-electron chi connectivity index (χ1n) is 8.96. The fourth-order valence-electron chi connectivity index (χ4n) is 3.43. The number of hydrogen-bond donors (Lipinski definition) is 3. The van der Waals surface area contributed by atoms with Crippen molar-refractivity contribution in [1.29, 1.82) is 0 Å². The van der Waals surface area contributed by atoms with Crippen LogP contribution in [-0.4, -0.2) is 28.4 Å². The Kier molecular flexibility index (Phi) is 6.66. The number of nitrogens with zero attached hydrogens (tertiary/aromatic N) is 1. The summed E-state index contributed by atoms with van der Waals surface area (Å²) in [6, 6.07) is -0.752. The Balaban J connectivity index is 1.90. The van der Waals surface area contributed by atoms with Gasteiger partial charge in [0.15, 0.2) is 0 Å². The molecule has 2 amide bonds. The molecule has 0 atom stereocenters. The van der Waals surface area contributed by atoms with Gasteiger partial charge in [-0.2, -0.15) is 18.3 Å². The van der Waals surface area contributed by atoms with Crippen LogP contribution in [0.15, 0.2) is 4.79 Å². The molecule has 3 N–H and O–H groups in total. The maximum Gasteiger partial charge on any atom is 0.391 e. The van der Waals surface area contributed by atoms with Gasteiger partial charge >= 0.3 is 12.2 Å². The predicted octanol–water partition coefficient (Wildman–Crippen LogP) is 2.82. The SMILES string of the molecule is CCc1n[nH]c(=O)c(CNC(=O)NC2CCC(C(F)(F)F)CC2)c1CC. The average molecular weight is 374 g/mol. The summed E-state index contributed by atoms with van der Waals surface area (Å²) in [6.45, 7) is 3.90. The molecule has 1 aliphatic rings. The highest BCUT2D eigenvalue weighted by atomic mass is 19.4. The minimum absolute atomic E-state index is 0.0261. The number of aryl methyl sites for hydroxylation is 1. The molecule has 0 bridgehead atoms. The third kappa shape index (κ3) is 4.98. The number of alkyl halides is 3. The minimum Gasteiger partial charge on any atom is -0.335 e. The molecule has 1 aliphatic carbocycles. The van der Waals surface area contributed by atoms with Crippen LogP contribution in [0.25, 0.3) is 0 Å². The van der Waals surface area contributed by atoms with Gasteiger partial charge in [-0.05, 0) is 44.1 Å². The van der Waals surface area contributed by atoms with Gasteiger partial charge in [0, 0.05) is 11.6 Å². The highest BCUT2D eigenvalue weighted by Crippen LogP contribution is 2.37. The van der Waals surface area contributed by atoms with E-state index in [-0.39, 0.29) is 31.0 Å². The fraction of sp³-hybridized carbons (Fsp3) is 0.706. The van der Waals surface area contributed by atoms with E-state index in [9.17, 15) is 22.8 Å². The normalized spacial score (nSPS) is 20.7. The highest BCUT2D eigenvalue weighted by Gasteiger charge is 2.41. The van der Waals surface area contributed by atoms with E-state index in [0.717, 1.165) is 11.3 Å². The number of aromatic nitrogens is 2. The summed E-state index contributed by atoms with van der Waals surface area (Å²) in [4.78, 5) is 24.1. The van der Waals surface area contributed by atoms with E-state index in [1.54, 1.807) is 0 Å². The Labute approximate surface area is 149 Å². The lowest BCUT2D eigenvalue weighted by Crippen LogP contribution is -2.45. The van der Waals surface area contributed by atoms with Crippen LogP contribution in [0, 0.1) is 5.92 Å². The van der Waals surface area contributed by atoms with Gasteiger partial charge < -0.3 is 10.6 Å². The number of nitrogens with one attached hydrogen (secondary N) is 3. The molecule has 0 unspecified atom stereocenters. The summed E-state index contributed by atoms with van der Waals surface area (Å²) in [5.74, 6) is -1.28. The Morgan fingerprint density at radius 2 is 1.81 bits per heavy atom. The zero-order chi connectivity index (χ0) is 19.3. The number of hydrogen-bond acceptors (Lipinski definition) is 3. The van der Waals surface area contributed by atoms with Crippen LogP contribution in [0.4, 0.5) is 18.0 Å². The van der Waals surface area contributed by atoms with Crippen LogP contribution in [0.3, 0.4) is 0 Å². The number of amides is 2. The molecule has 1 fully saturated rings. The maximum absolute atomic E-state index is 12.7. The smallest absolute Gasteiger partial charge is 0.335 e. The average Bonchev–Trinajstić information content (AvgIpc) is 2.60. The van der Waals surface area contributed by atoms with Crippen LogP contribution < -0.4 is 16.2 Å². The number of carbonyl (C=O) groups is 1. The summed E-state index contributed by atoms with van der Waals surface area (Å²) >= 11 is 0. The summed E-state index contributed by atoms with van der Waals surface area (Å²) < 4.78 is 38.0. The quantitative estimate of drug-likeness (QED) is 0.741. The van der Waals surface area contributed by atoms with Crippen LogP contribution in [0.5, 0.6) is 0 Å². The molecule has 1 aromatic rings. The van der Waals surface area contributed by atoms with Gasteiger partial charge in [-0.1, -0.05) is 13.8 Å². The predicted molar refractivity (Wildman–Crippen MR) is 90.8 cm³/mol. The van der Waals surface area contributed by atoms with E-state index < -0.39 is 18.1 Å². The van der Waals surface area contributed by atoms with Crippen molar-refractivity contribution in [2.24, 2.45) is 5.92 Å². The minimum atomic E-state index is -4.16. The van der Waals surface area contributed by atoms with Gasteiger partial charge in [0.1, 0.15) is 0 Å². The van der Waals surface area contributed by atoms with E-state index in [2.05, 4.69) is 20.8 Å². The van der Waals surface area contributed by atoms with Crippen molar-refractivity contribution >= 4 is 6.03 Å². The lowest BCUT2D eigenvalue weighted by molar-refractivity contribution is -0.182. The summed E-state index contributed by atoms with van der Waals surface area (Å²) in [7, 11) is 0. The van der Waals surface area contributed by atoms with Gasteiger partial charge in [-0.25, -0.2) is 9.89 Å². The number of carbonyl (C=O) groups excluding carboxylic acids is 1. The number of H-pyrrole nitrogens is 1. The lowest BCUT2D eigenvalue weighted by atomic mass is 9.86. The van der Waals surface area contributed by atoms with Gasteiger partial charge in [-0.3, -0.25) is 4.79 Å². The van der Waals surface area contributed by atoms with Crippen molar-refractivity contribution in [3.05, 3.63) is 27.2 Å². The van der Waals surface area contributed by atoms with Crippen LogP contribution in [0.2, 0.25) is 0 Å².